The number of likely N-dealkylation sites (tertiary alicyclic amines) is 1. The van der Waals surface area contributed by atoms with E-state index < -0.39 is 23.6 Å². The van der Waals surface area contributed by atoms with Crippen LogP contribution < -0.4 is 5.32 Å². The Morgan fingerprint density at radius 2 is 2.00 bits per heavy atom. The number of rotatable bonds is 3. The fourth-order valence-corrected chi connectivity index (χ4v) is 2.48. The highest BCUT2D eigenvalue weighted by Gasteiger charge is 2.26. The lowest BCUT2D eigenvalue weighted by Gasteiger charge is -2.33. The van der Waals surface area contributed by atoms with Crippen molar-refractivity contribution in [1.29, 1.82) is 0 Å². The molecule has 22 heavy (non-hydrogen) atoms. The van der Waals surface area contributed by atoms with E-state index in [1.807, 2.05) is 0 Å². The van der Waals surface area contributed by atoms with E-state index in [9.17, 15) is 18.4 Å². The minimum Gasteiger partial charge on any atom is -0.450 e. The molecule has 1 aliphatic heterocycles. The van der Waals surface area contributed by atoms with Crippen LogP contribution in [-0.4, -0.2) is 42.6 Å². The molecular formula is C15H18F2N2O3. The van der Waals surface area contributed by atoms with E-state index in [0.29, 0.717) is 13.0 Å². The topological polar surface area (TPSA) is 58.6 Å². The van der Waals surface area contributed by atoms with Gasteiger partial charge < -0.3 is 15.0 Å². The van der Waals surface area contributed by atoms with E-state index >= 15 is 0 Å². The van der Waals surface area contributed by atoms with Crippen molar-refractivity contribution >= 4 is 12.0 Å². The molecule has 7 heteroatoms. The molecular weight excluding hydrogens is 294 g/mol. The number of carbonyl (C=O) groups is 2. The Morgan fingerprint density at radius 1 is 1.32 bits per heavy atom. The molecule has 0 radical (unpaired) electrons. The van der Waals surface area contributed by atoms with Gasteiger partial charge in [0, 0.05) is 30.8 Å². The molecule has 0 spiro atoms. The van der Waals surface area contributed by atoms with Gasteiger partial charge in [-0.25, -0.2) is 13.6 Å². The first-order chi connectivity index (χ1) is 10.5. The Kier molecular flexibility index (Phi) is 5.30. The second-order valence-corrected chi connectivity index (χ2v) is 5.11. The fraction of sp³-hybridized carbons (Fsp3) is 0.467. The highest BCUT2D eigenvalue weighted by Crippen LogP contribution is 2.16. The van der Waals surface area contributed by atoms with E-state index in [-0.39, 0.29) is 24.8 Å². The number of piperidine rings is 1. The molecule has 1 saturated heterocycles. The first kappa shape index (κ1) is 16.2. The smallest absolute Gasteiger partial charge is 0.407 e. The second-order valence-electron chi connectivity index (χ2n) is 5.11. The monoisotopic (exact) mass is 312 g/mol. The normalized spacial score (nSPS) is 18.0. The van der Waals surface area contributed by atoms with E-state index in [2.05, 4.69) is 5.32 Å². The van der Waals surface area contributed by atoms with Gasteiger partial charge in [0.1, 0.15) is 11.6 Å². The zero-order valence-electron chi connectivity index (χ0n) is 12.3. The molecule has 1 aliphatic rings. The number of ether oxygens (including phenoxy) is 1. The first-order valence-electron chi connectivity index (χ1n) is 7.18. The van der Waals surface area contributed by atoms with Gasteiger partial charge in [-0.1, -0.05) is 0 Å². The van der Waals surface area contributed by atoms with Crippen LogP contribution in [0.25, 0.3) is 0 Å². The summed E-state index contributed by atoms with van der Waals surface area (Å²) in [7, 11) is 0. The average molecular weight is 312 g/mol. The molecule has 1 atom stereocenters. The van der Waals surface area contributed by atoms with Crippen LogP contribution >= 0.6 is 0 Å². The SMILES string of the molecule is CCOC(=O)N[C@@H]1CCCN(C(=O)c2cc(F)cc(F)c2)C1. The number of nitrogens with zero attached hydrogens (tertiary/aromatic N) is 1. The zero-order valence-corrected chi connectivity index (χ0v) is 12.3. The van der Waals surface area contributed by atoms with Crippen molar-refractivity contribution in [2.45, 2.75) is 25.8 Å². The van der Waals surface area contributed by atoms with Crippen molar-refractivity contribution in [2.24, 2.45) is 0 Å². The summed E-state index contributed by atoms with van der Waals surface area (Å²) in [5.41, 5.74) is -0.0331. The van der Waals surface area contributed by atoms with Gasteiger partial charge in [0.2, 0.25) is 0 Å². The van der Waals surface area contributed by atoms with Crippen molar-refractivity contribution in [3.63, 3.8) is 0 Å². The lowest BCUT2D eigenvalue weighted by molar-refractivity contribution is 0.0685. The highest BCUT2D eigenvalue weighted by atomic mass is 19.1. The molecule has 1 fully saturated rings. The molecule has 0 bridgehead atoms. The maximum atomic E-state index is 13.2. The summed E-state index contributed by atoms with van der Waals surface area (Å²) in [6.07, 6.45) is 0.888. The highest BCUT2D eigenvalue weighted by molar-refractivity contribution is 5.94. The lowest BCUT2D eigenvalue weighted by Crippen LogP contribution is -2.49. The quantitative estimate of drug-likeness (QED) is 0.932. The number of nitrogens with one attached hydrogen (secondary N) is 1. The van der Waals surface area contributed by atoms with Gasteiger partial charge in [0.15, 0.2) is 0 Å². The maximum Gasteiger partial charge on any atom is 0.407 e. The Morgan fingerprint density at radius 3 is 2.64 bits per heavy atom. The van der Waals surface area contributed by atoms with Crippen LogP contribution in [0.4, 0.5) is 13.6 Å². The van der Waals surface area contributed by atoms with E-state index in [1.165, 1.54) is 4.90 Å². The van der Waals surface area contributed by atoms with E-state index in [1.54, 1.807) is 6.92 Å². The predicted molar refractivity (Wildman–Crippen MR) is 75.4 cm³/mol. The maximum absolute atomic E-state index is 13.2. The fourth-order valence-electron chi connectivity index (χ4n) is 2.48. The molecule has 0 saturated carbocycles. The molecule has 1 aromatic carbocycles. The molecule has 1 N–H and O–H groups in total. The molecule has 0 aromatic heterocycles. The van der Waals surface area contributed by atoms with E-state index in [4.69, 9.17) is 4.74 Å². The lowest BCUT2D eigenvalue weighted by atomic mass is 10.0. The third-order valence-electron chi connectivity index (χ3n) is 3.42. The van der Waals surface area contributed by atoms with Crippen LogP contribution in [-0.2, 0) is 4.74 Å². The van der Waals surface area contributed by atoms with Crippen molar-refractivity contribution in [2.75, 3.05) is 19.7 Å². The summed E-state index contributed by atoms with van der Waals surface area (Å²) in [6, 6.07) is 2.51. The van der Waals surface area contributed by atoms with Crippen LogP contribution in [0, 0.1) is 11.6 Å². The predicted octanol–water partition coefficient (Wildman–Crippen LogP) is 2.32. The van der Waals surface area contributed by atoms with Crippen molar-refractivity contribution in [3.8, 4) is 0 Å². The minimum atomic E-state index is -0.790. The Bertz CT molecular complexity index is 545. The molecule has 2 rings (SSSR count). The number of hydrogen-bond donors (Lipinski definition) is 1. The third kappa shape index (κ3) is 4.16. The molecule has 0 unspecified atom stereocenters. The van der Waals surface area contributed by atoms with Gasteiger partial charge in [-0.3, -0.25) is 4.79 Å². The van der Waals surface area contributed by atoms with Gasteiger partial charge in [-0.05, 0) is 31.9 Å². The summed E-state index contributed by atoms with van der Waals surface area (Å²) < 4.78 is 31.2. The Hall–Kier alpha value is -2.18. The van der Waals surface area contributed by atoms with E-state index in [0.717, 1.165) is 24.6 Å². The number of benzene rings is 1. The first-order valence-corrected chi connectivity index (χ1v) is 7.18. The molecule has 5 nitrogen and oxygen atoms in total. The second kappa shape index (κ2) is 7.20. The molecule has 2 amide bonds. The van der Waals surface area contributed by atoms with Gasteiger partial charge in [-0.2, -0.15) is 0 Å². The minimum absolute atomic E-state index is 0.0331. The summed E-state index contributed by atoms with van der Waals surface area (Å²) in [5.74, 6) is -2.03. The van der Waals surface area contributed by atoms with Crippen LogP contribution in [0.2, 0.25) is 0 Å². The summed E-state index contributed by atoms with van der Waals surface area (Å²) >= 11 is 0. The number of amides is 2. The number of alkyl carbamates (subject to hydrolysis) is 1. The standard InChI is InChI=1S/C15H18F2N2O3/c1-2-22-15(21)18-13-4-3-5-19(9-13)14(20)10-6-11(16)8-12(17)7-10/h6-8,13H,2-5,9H2,1H3,(H,18,21)/t13-/m1/s1. The molecule has 1 aromatic rings. The summed E-state index contributed by atoms with van der Waals surface area (Å²) in [5, 5.41) is 2.68. The zero-order chi connectivity index (χ0) is 16.1. The van der Waals surface area contributed by atoms with Crippen LogP contribution in [0.5, 0.6) is 0 Å². The summed E-state index contributed by atoms with van der Waals surface area (Å²) in [6.45, 7) is 2.74. The summed E-state index contributed by atoms with van der Waals surface area (Å²) in [4.78, 5) is 25.2. The van der Waals surface area contributed by atoms with Crippen molar-refractivity contribution in [3.05, 3.63) is 35.4 Å². The van der Waals surface area contributed by atoms with Crippen LogP contribution in [0.3, 0.4) is 0 Å². The molecule has 120 valence electrons. The largest absolute Gasteiger partial charge is 0.450 e. The van der Waals surface area contributed by atoms with Crippen LogP contribution in [0.1, 0.15) is 30.1 Å². The van der Waals surface area contributed by atoms with Gasteiger partial charge >= 0.3 is 6.09 Å². The van der Waals surface area contributed by atoms with Crippen LogP contribution in [0.15, 0.2) is 18.2 Å². The van der Waals surface area contributed by atoms with Gasteiger partial charge in [0.25, 0.3) is 5.91 Å². The van der Waals surface area contributed by atoms with Crippen molar-refractivity contribution in [1.82, 2.24) is 10.2 Å². The van der Waals surface area contributed by atoms with Gasteiger partial charge in [0.05, 0.1) is 6.61 Å². The average Bonchev–Trinajstić information content (AvgIpc) is 2.46. The number of hydrogen-bond acceptors (Lipinski definition) is 3. The number of carbonyl (C=O) groups excluding carboxylic acids is 2. The molecule has 1 heterocycles. The Balaban J connectivity index is 2.02. The molecule has 0 aliphatic carbocycles. The van der Waals surface area contributed by atoms with Crippen molar-refractivity contribution < 1.29 is 23.1 Å². The number of halogens is 2. The third-order valence-corrected chi connectivity index (χ3v) is 3.42. The van der Waals surface area contributed by atoms with Gasteiger partial charge in [-0.15, -0.1) is 0 Å². The Labute approximate surface area is 127 Å².